The summed E-state index contributed by atoms with van der Waals surface area (Å²) in [7, 11) is 0. The number of amides is 1. The maximum absolute atomic E-state index is 11.8. The van der Waals surface area contributed by atoms with E-state index in [0.717, 1.165) is 35.2 Å². The van der Waals surface area contributed by atoms with Crippen LogP contribution >= 0.6 is 23.2 Å². The Hall–Kier alpha value is -2.76. The Morgan fingerprint density at radius 3 is 2.09 bits per heavy atom. The summed E-state index contributed by atoms with van der Waals surface area (Å²) in [6, 6.07) is 17.2. The first kappa shape index (κ1) is 24.4. The molecule has 1 fully saturated rings. The van der Waals surface area contributed by atoms with Crippen LogP contribution in [0.3, 0.4) is 0 Å². The molecule has 0 unspecified atom stereocenters. The Balaban J connectivity index is 1.60. The third-order valence-electron chi connectivity index (χ3n) is 6.17. The number of hydrogen-bond donors (Lipinski definition) is 1. The van der Waals surface area contributed by atoms with Crippen LogP contribution < -0.4 is 4.74 Å². The molecule has 1 aliphatic carbocycles. The highest BCUT2D eigenvalue weighted by Crippen LogP contribution is 2.47. The predicted octanol–water partition coefficient (Wildman–Crippen LogP) is 7.66. The van der Waals surface area contributed by atoms with E-state index in [1.54, 1.807) is 6.20 Å². The van der Waals surface area contributed by atoms with Crippen molar-refractivity contribution in [3.8, 4) is 28.1 Å². The summed E-state index contributed by atoms with van der Waals surface area (Å²) < 4.78 is 6.19. The molecule has 5 nitrogen and oxygen atoms in total. The van der Waals surface area contributed by atoms with Crippen molar-refractivity contribution in [2.75, 3.05) is 13.2 Å². The Bertz CT molecular complexity index is 1170. The van der Waals surface area contributed by atoms with Gasteiger partial charge in [0, 0.05) is 38.7 Å². The molecule has 3 aromatic rings. The number of nitrogens with zero attached hydrogens (tertiary/aromatic N) is 2. The lowest BCUT2D eigenvalue weighted by Gasteiger charge is -2.36. The largest absolute Gasteiger partial charge is 0.491 e. The van der Waals surface area contributed by atoms with Crippen molar-refractivity contribution in [3.63, 3.8) is 0 Å². The third kappa shape index (κ3) is 5.65. The summed E-state index contributed by atoms with van der Waals surface area (Å²) in [5.41, 5.74) is 3.02. The zero-order chi connectivity index (χ0) is 24.5. The SMILES string of the molecule is CC(C)(C)N(CC1(COc2cnc(-c3ccc(Cl)cc3)c(-c3ccc(Cl)cc3)c2)CC1)C(=O)O. The lowest BCUT2D eigenvalue weighted by atomic mass is 9.99. The fraction of sp³-hybridized carbons (Fsp3) is 0.333. The van der Waals surface area contributed by atoms with Crippen molar-refractivity contribution in [2.45, 2.75) is 39.2 Å². The number of benzene rings is 2. The quantitative estimate of drug-likeness (QED) is 0.363. The number of hydrogen-bond acceptors (Lipinski definition) is 3. The van der Waals surface area contributed by atoms with Crippen molar-refractivity contribution in [2.24, 2.45) is 5.41 Å². The normalized spacial score (nSPS) is 14.5. The summed E-state index contributed by atoms with van der Waals surface area (Å²) in [6.45, 7) is 6.63. The Morgan fingerprint density at radius 1 is 1.03 bits per heavy atom. The first-order valence-electron chi connectivity index (χ1n) is 11.2. The topological polar surface area (TPSA) is 62.7 Å². The predicted molar refractivity (Wildman–Crippen MR) is 137 cm³/mol. The fourth-order valence-electron chi connectivity index (χ4n) is 3.90. The van der Waals surface area contributed by atoms with Gasteiger partial charge in [-0.1, -0.05) is 47.5 Å². The van der Waals surface area contributed by atoms with Crippen LogP contribution in [0.25, 0.3) is 22.4 Å². The summed E-state index contributed by atoms with van der Waals surface area (Å²) in [4.78, 5) is 18.0. The molecule has 7 heteroatoms. The molecule has 1 aromatic heterocycles. The number of carbonyl (C=O) groups is 1. The van der Waals surface area contributed by atoms with Crippen molar-refractivity contribution < 1.29 is 14.6 Å². The maximum Gasteiger partial charge on any atom is 0.407 e. The van der Waals surface area contributed by atoms with Crippen LogP contribution in [0.15, 0.2) is 60.8 Å². The maximum atomic E-state index is 11.8. The molecule has 0 radical (unpaired) electrons. The van der Waals surface area contributed by atoms with Crippen molar-refractivity contribution in [1.29, 1.82) is 0 Å². The second-order valence-corrected chi connectivity index (χ2v) is 10.8. The van der Waals surface area contributed by atoms with E-state index in [1.807, 2.05) is 75.4 Å². The summed E-state index contributed by atoms with van der Waals surface area (Å²) in [5, 5.41) is 11.0. The van der Waals surface area contributed by atoms with Crippen LogP contribution in [0.4, 0.5) is 4.79 Å². The lowest BCUT2D eigenvalue weighted by molar-refractivity contribution is 0.0746. The Morgan fingerprint density at radius 2 is 1.59 bits per heavy atom. The van der Waals surface area contributed by atoms with Gasteiger partial charge in [-0.25, -0.2) is 4.79 Å². The molecule has 34 heavy (non-hydrogen) atoms. The van der Waals surface area contributed by atoms with Crippen molar-refractivity contribution in [1.82, 2.24) is 9.88 Å². The Labute approximate surface area is 210 Å². The minimum atomic E-state index is -0.905. The van der Waals surface area contributed by atoms with Gasteiger partial charge in [-0.2, -0.15) is 0 Å². The molecule has 1 amide bonds. The van der Waals surface area contributed by atoms with E-state index in [1.165, 1.54) is 4.90 Å². The van der Waals surface area contributed by atoms with Crippen LogP contribution in [-0.4, -0.2) is 39.8 Å². The van der Waals surface area contributed by atoms with Gasteiger partial charge < -0.3 is 14.7 Å². The minimum Gasteiger partial charge on any atom is -0.491 e. The summed E-state index contributed by atoms with van der Waals surface area (Å²) in [5.74, 6) is 0.645. The van der Waals surface area contributed by atoms with Gasteiger partial charge in [0.1, 0.15) is 5.75 Å². The first-order chi connectivity index (χ1) is 16.1. The smallest absolute Gasteiger partial charge is 0.407 e. The van der Waals surface area contributed by atoms with Gasteiger partial charge in [-0.05, 0) is 69.5 Å². The molecule has 0 spiro atoms. The van der Waals surface area contributed by atoms with Gasteiger partial charge >= 0.3 is 6.09 Å². The van der Waals surface area contributed by atoms with E-state index >= 15 is 0 Å². The fourth-order valence-corrected chi connectivity index (χ4v) is 4.15. The zero-order valence-electron chi connectivity index (χ0n) is 19.5. The lowest BCUT2D eigenvalue weighted by Crippen LogP contribution is -2.48. The van der Waals surface area contributed by atoms with Crippen LogP contribution in [-0.2, 0) is 0 Å². The van der Waals surface area contributed by atoms with Gasteiger partial charge in [0.15, 0.2) is 0 Å². The van der Waals surface area contributed by atoms with E-state index in [2.05, 4.69) is 0 Å². The highest BCUT2D eigenvalue weighted by atomic mass is 35.5. The molecule has 1 heterocycles. The average molecular weight is 499 g/mol. The van der Waals surface area contributed by atoms with E-state index < -0.39 is 11.6 Å². The molecule has 1 N–H and O–H groups in total. The zero-order valence-corrected chi connectivity index (χ0v) is 21.0. The van der Waals surface area contributed by atoms with Crippen LogP contribution in [0.2, 0.25) is 10.0 Å². The minimum absolute atomic E-state index is 0.166. The number of aromatic nitrogens is 1. The van der Waals surface area contributed by atoms with Crippen molar-refractivity contribution >= 4 is 29.3 Å². The summed E-state index contributed by atoms with van der Waals surface area (Å²) >= 11 is 12.2. The molecule has 1 saturated carbocycles. The molecule has 0 aliphatic heterocycles. The number of rotatable bonds is 7. The van der Waals surface area contributed by atoms with E-state index in [-0.39, 0.29) is 5.41 Å². The van der Waals surface area contributed by atoms with Crippen LogP contribution in [0.1, 0.15) is 33.6 Å². The number of pyridine rings is 1. The van der Waals surface area contributed by atoms with Gasteiger partial charge in [-0.15, -0.1) is 0 Å². The molecule has 1 aliphatic rings. The molecular formula is C27H28Cl2N2O3. The average Bonchev–Trinajstić information content (AvgIpc) is 3.56. The van der Waals surface area contributed by atoms with Crippen LogP contribution in [0, 0.1) is 5.41 Å². The van der Waals surface area contributed by atoms with Gasteiger partial charge in [0.2, 0.25) is 0 Å². The van der Waals surface area contributed by atoms with Gasteiger partial charge in [-0.3, -0.25) is 4.98 Å². The second kappa shape index (κ2) is 9.47. The summed E-state index contributed by atoms with van der Waals surface area (Å²) in [6.07, 6.45) is 2.69. The highest BCUT2D eigenvalue weighted by molar-refractivity contribution is 6.31. The van der Waals surface area contributed by atoms with Crippen LogP contribution in [0.5, 0.6) is 5.75 Å². The first-order valence-corrected chi connectivity index (χ1v) is 12.0. The molecule has 178 valence electrons. The standard InChI is InChI=1S/C27H28Cl2N2O3/c1-26(2,3)31(25(32)33)16-27(12-13-27)17-34-22-14-23(18-4-8-20(28)9-5-18)24(30-15-22)19-6-10-21(29)11-7-19/h4-11,14-15H,12-13,16-17H2,1-3H3,(H,32,33). The molecule has 0 bridgehead atoms. The van der Waals surface area contributed by atoms with Gasteiger partial charge in [0.05, 0.1) is 18.5 Å². The van der Waals surface area contributed by atoms with E-state index in [9.17, 15) is 9.90 Å². The molecule has 4 rings (SSSR count). The number of halogens is 2. The molecule has 2 aromatic carbocycles. The van der Waals surface area contributed by atoms with E-state index in [0.29, 0.717) is 28.9 Å². The van der Waals surface area contributed by atoms with Crippen molar-refractivity contribution in [3.05, 3.63) is 70.8 Å². The monoisotopic (exact) mass is 498 g/mol. The third-order valence-corrected chi connectivity index (χ3v) is 6.68. The van der Waals surface area contributed by atoms with Gasteiger partial charge in [0.25, 0.3) is 0 Å². The number of carboxylic acid groups (broad SMARTS) is 1. The Kier molecular flexibility index (Phi) is 6.79. The molecular weight excluding hydrogens is 471 g/mol. The molecule has 0 atom stereocenters. The number of ether oxygens (including phenoxy) is 1. The highest BCUT2D eigenvalue weighted by Gasteiger charge is 2.47. The van der Waals surface area contributed by atoms with E-state index in [4.69, 9.17) is 32.9 Å². The molecule has 0 saturated heterocycles. The second-order valence-electron chi connectivity index (χ2n) is 9.91.